The van der Waals surface area contributed by atoms with Crippen molar-refractivity contribution in [1.29, 1.82) is 0 Å². The Kier molecular flexibility index (Phi) is 4.20. The number of hydrogen-bond acceptors (Lipinski definition) is 5. The maximum Gasteiger partial charge on any atom is 0.262 e. The first-order valence-electron chi connectivity index (χ1n) is 7.68. The first-order chi connectivity index (χ1) is 11.5. The van der Waals surface area contributed by atoms with Crippen LogP contribution in [0.5, 0.6) is 5.88 Å². The van der Waals surface area contributed by atoms with Crippen molar-refractivity contribution in [1.82, 2.24) is 9.97 Å². The van der Waals surface area contributed by atoms with Crippen LogP contribution in [-0.4, -0.2) is 22.5 Å². The quantitative estimate of drug-likeness (QED) is 0.794. The number of rotatable bonds is 4. The van der Waals surface area contributed by atoms with Crippen LogP contribution in [0.25, 0.3) is 11.1 Å². The number of anilines is 1. The molecule has 0 aliphatic rings. The van der Waals surface area contributed by atoms with E-state index < -0.39 is 0 Å². The van der Waals surface area contributed by atoms with Crippen LogP contribution in [0.2, 0.25) is 0 Å². The topological polar surface area (TPSA) is 77.2 Å². The van der Waals surface area contributed by atoms with Gasteiger partial charge in [0, 0.05) is 11.3 Å². The first-order valence-corrected chi connectivity index (χ1v) is 7.68. The van der Waals surface area contributed by atoms with E-state index in [1.165, 1.54) is 0 Å². The van der Waals surface area contributed by atoms with Crippen molar-refractivity contribution in [2.75, 3.05) is 11.9 Å². The minimum Gasteiger partial charge on any atom is -0.467 e. The van der Waals surface area contributed by atoms with Gasteiger partial charge in [-0.3, -0.25) is 4.79 Å². The number of ether oxygens (including phenoxy) is 1. The van der Waals surface area contributed by atoms with Gasteiger partial charge in [-0.15, -0.1) is 0 Å². The Morgan fingerprint density at radius 1 is 1.17 bits per heavy atom. The molecule has 6 heteroatoms. The fourth-order valence-electron chi connectivity index (χ4n) is 2.45. The van der Waals surface area contributed by atoms with E-state index in [9.17, 15) is 4.79 Å². The Bertz CT molecular complexity index is 915. The van der Waals surface area contributed by atoms with E-state index >= 15 is 0 Å². The summed E-state index contributed by atoms with van der Waals surface area (Å²) in [6, 6.07) is 7.58. The number of aromatic nitrogens is 2. The molecular formula is C18H19N3O3. The van der Waals surface area contributed by atoms with Gasteiger partial charge >= 0.3 is 0 Å². The SMILES string of the molecule is Cc1nc(OCC(=O)Nc2ccccc2C)c2c(C)c(C)oc2n1. The molecule has 0 saturated heterocycles. The van der Waals surface area contributed by atoms with Crippen LogP contribution in [0.1, 0.15) is 22.7 Å². The summed E-state index contributed by atoms with van der Waals surface area (Å²) in [5, 5.41) is 3.54. The van der Waals surface area contributed by atoms with Crippen molar-refractivity contribution in [3.05, 3.63) is 47.0 Å². The highest BCUT2D eigenvalue weighted by Gasteiger charge is 2.17. The molecular weight excluding hydrogens is 306 g/mol. The molecule has 6 nitrogen and oxygen atoms in total. The van der Waals surface area contributed by atoms with E-state index in [4.69, 9.17) is 9.15 Å². The predicted octanol–water partition coefficient (Wildman–Crippen LogP) is 3.47. The average molecular weight is 325 g/mol. The largest absolute Gasteiger partial charge is 0.467 e. The summed E-state index contributed by atoms with van der Waals surface area (Å²) in [5.41, 5.74) is 3.16. The molecule has 0 aliphatic carbocycles. The van der Waals surface area contributed by atoms with Gasteiger partial charge in [0.25, 0.3) is 5.91 Å². The lowest BCUT2D eigenvalue weighted by Crippen LogP contribution is -2.21. The molecule has 0 fully saturated rings. The Hall–Kier alpha value is -2.89. The number of hydrogen-bond donors (Lipinski definition) is 1. The maximum atomic E-state index is 12.1. The number of nitrogens with one attached hydrogen (secondary N) is 1. The standard InChI is InChI=1S/C18H19N3O3/c1-10-7-5-6-8-14(10)21-15(22)9-23-17-16-11(2)12(3)24-18(16)20-13(4)19-17/h5-8H,9H2,1-4H3,(H,21,22). The smallest absolute Gasteiger partial charge is 0.262 e. The van der Waals surface area contributed by atoms with Crippen LogP contribution < -0.4 is 10.1 Å². The Morgan fingerprint density at radius 3 is 2.67 bits per heavy atom. The molecule has 1 N–H and O–H groups in total. The van der Waals surface area contributed by atoms with Crippen molar-refractivity contribution in [3.8, 4) is 5.88 Å². The van der Waals surface area contributed by atoms with Gasteiger partial charge < -0.3 is 14.5 Å². The molecule has 124 valence electrons. The summed E-state index contributed by atoms with van der Waals surface area (Å²) < 4.78 is 11.3. The molecule has 2 heterocycles. The van der Waals surface area contributed by atoms with Crippen LogP contribution >= 0.6 is 0 Å². The third-order valence-corrected chi connectivity index (χ3v) is 3.87. The monoisotopic (exact) mass is 325 g/mol. The van der Waals surface area contributed by atoms with E-state index in [2.05, 4.69) is 15.3 Å². The van der Waals surface area contributed by atoms with Crippen LogP contribution in [0.4, 0.5) is 5.69 Å². The number of furan rings is 1. The lowest BCUT2D eigenvalue weighted by molar-refractivity contribution is -0.118. The number of nitrogens with zero attached hydrogens (tertiary/aromatic N) is 2. The minimum atomic E-state index is -0.244. The molecule has 0 atom stereocenters. The van der Waals surface area contributed by atoms with E-state index in [0.29, 0.717) is 22.8 Å². The molecule has 0 spiro atoms. The van der Waals surface area contributed by atoms with Crippen molar-refractivity contribution in [2.45, 2.75) is 27.7 Å². The predicted molar refractivity (Wildman–Crippen MR) is 91.3 cm³/mol. The van der Waals surface area contributed by atoms with Gasteiger partial charge in [-0.25, -0.2) is 0 Å². The zero-order valence-electron chi connectivity index (χ0n) is 14.1. The molecule has 24 heavy (non-hydrogen) atoms. The van der Waals surface area contributed by atoms with Gasteiger partial charge in [0.05, 0.1) is 0 Å². The second kappa shape index (κ2) is 6.31. The zero-order chi connectivity index (χ0) is 17.3. The molecule has 0 aliphatic heterocycles. The normalized spacial score (nSPS) is 10.8. The first kappa shape index (κ1) is 16.0. The van der Waals surface area contributed by atoms with E-state index in [1.54, 1.807) is 6.92 Å². The molecule has 0 bridgehead atoms. The van der Waals surface area contributed by atoms with Gasteiger partial charge in [0.2, 0.25) is 11.6 Å². The number of amides is 1. The fourth-order valence-corrected chi connectivity index (χ4v) is 2.45. The van der Waals surface area contributed by atoms with E-state index in [1.807, 2.05) is 45.0 Å². The highest BCUT2D eigenvalue weighted by atomic mass is 16.5. The molecule has 3 aromatic rings. The molecule has 0 unspecified atom stereocenters. The van der Waals surface area contributed by atoms with E-state index in [-0.39, 0.29) is 12.5 Å². The zero-order valence-corrected chi connectivity index (χ0v) is 14.1. The van der Waals surface area contributed by atoms with Crippen molar-refractivity contribution >= 4 is 22.7 Å². The number of para-hydroxylation sites is 1. The second-order valence-corrected chi connectivity index (χ2v) is 5.69. The van der Waals surface area contributed by atoms with Gasteiger partial charge in [-0.05, 0) is 39.3 Å². The van der Waals surface area contributed by atoms with Crippen molar-refractivity contribution in [3.63, 3.8) is 0 Å². The lowest BCUT2D eigenvalue weighted by atomic mass is 10.2. The second-order valence-electron chi connectivity index (χ2n) is 5.69. The van der Waals surface area contributed by atoms with Gasteiger partial charge in [0.15, 0.2) is 6.61 Å². The summed E-state index contributed by atoms with van der Waals surface area (Å²) in [6.07, 6.45) is 0. The fraction of sp³-hybridized carbons (Fsp3) is 0.278. The van der Waals surface area contributed by atoms with Gasteiger partial charge in [-0.1, -0.05) is 18.2 Å². The van der Waals surface area contributed by atoms with E-state index in [0.717, 1.165) is 22.6 Å². The van der Waals surface area contributed by atoms with Crippen molar-refractivity contribution in [2.24, 2.45) is 0 Å². The Labute approximate surface area is 139 Å². The summed E-state index contributed by atoms with van der Waals surface area (Å²) in [5.74, 6) is 1.42. The number of aryl methyl sites for hydroxylation is 4. The summed E-state index contributed by atoms with van der Waals surface area (Å²) >= 11 is 0. The molecule has 0 saturated carbocycles. The molecule has 2 aromatic heterocycles. The van der Waals surface area contributed by atoms with Crippen LogP contribution in [0, 0.1) is 27.7 Å². The number of benzene rings is 1. The summed E-state index contributed by atoms with van der Waals surface area (Å²) in [6.45, 7) is 7.34. The summed E-state index contributed by atoms with van der Waals surface area (Å²) in [4.78, 5) is 20.7. The van der Waals surface area contributed by atoms with Crippen LogP contribution in [0.15, 0.2) is 28.7 Å². The molecule has 1 amide bonds. The summed E-state index contributed by atoms with van der Waals surface area (Å²) in [7, 11) is 0. The van der Waals surface area contributed by atoms with Crippen LogP contribution in [0.3, 0.4) is 0 Å². The third-order valence-electron chi connectivity index (χ3n) is 3.87. The number of carbonyl (C=O) groups is 1. The maximum absolute atomic E-state index is 12.1. The Morgan fingerprint density at radius 2 is 1.92 bits per heavy atom. The Balaban J connectivity index is 1.78. The van der Waals surface area contributed by atoms with Crippen molar-refractivity contribution < 1.29 is 13.9 Å². The molecule has 3 rings (SSSR count). The highest BCUT2D eigenvalue weighted by molar-refractivity contribution is 5.93. The highest BCUT2D eigenvalue weighted by Crippen LogP contribution is 2.30. The molecule has 1 aromatic carbocycles. The average Bonchev–Trinajstić information content (AvgIpc) is 2.81. The van der Waals surface area contributed by atoms with Crippen LogP contribution in [-0.2, 0) is 4.79 Å². The minimum absolute atomic E-state index is 0.135. The van der Waals surface area contributed by atoms with Gasteiger partial charge in [0.1, 0.15) is 17.0 Å². The number of carbonyl (C=O) groups excluding carboxylic acids is 1. The number of fused-ring (bicyclic) bond motifs is 1. The molecule has 0 radical (unpaired) electrons. The van der Waals surface area contributed by atoms with Gasteiger partial charge in [-0.2, -0.15) is 9.97 Å². The lowest BCUT2D eigenvalue weighted by Gasteiger charge is -2.10. The third kappa shape index (κ3) is 3.08.